The van der Waals surface area contributed by atoms with Crippen LogP contribution in [0.1, 0.15) is 13.8 Å². The monoisotopic (exact) mass is 154 g/mol. The summed E-state index contributed by atoms with van der Waals surface area (Å²) in [6, 6.07) is -0.864. The molecule has 0 fully saturated rings. The van der Waals surface area contributed by atoms with E-state index >= 15 is 0 Å². The molecule has 0 saturated carbocycles. The number of primary amides is 1. The van der Waals surface area contributed by atoms with E-state index in [0.717, 1.165) is 0 Å². The standard InChI is InChI=1S/C7H10N2O2/c1-4(2)6(10)5(3)9-7(8)11/h1H2,2-3H3,(H2,8,11). The van der Waals surface area contributed by atoms with E-state index in [0.29, 0.717) is 5.57 Å². The van der Waals surface area contributed by atoms with Crippen molar-refractivity contribution < 1.29 is 9.59 Å². The number of nitrogens with two attached hydrogens (primary N) is 1. The number of carbonyl (C=O) groups excluding carboxylic acids is 2. The lowest BCUT2D eigenvalue weighted by atomic mass is 10.1. The smallest absolute Gasteiger partial charge is 0.338 e. The number of amides is 2. The molecular weight excluding hydrogens is 144 g/mol. The molecule has 0 aliphatic heterocycles. The minimum Gasteiger partial charge on any atom is -0.350 e. The van der Waals surface area contributed by atoms with Crippen LogP contribution in [0.4, 0.5) is 4.79 Å². The predicted molar refractivity (Wildman–Crippen MR) is 42.5 cm³/mol. The van der Waals surface area contributed by atoms with Gasteiger partial charge in [0.15, 0.2) is 0 Å². The van der Waals surface area contributed by atoms with Crippen LogP contribution < -0.4 is 5.73 Å². The Morgan fingerprint density at radius 3 is 2.09 bits per heavy atom. The van der Waals surface area contributed by atoms with Gasteiger partial charge in [-0.05, 0) is 19.4 Å². The van der Waals surface area contributed by atoms with E-state index in [1.165, 1.54) is 6.92 Å². The lowest BCUT2D eigenvalue weighted by Gasteiger charge is -1.95. The summed E-state index contributed by atoms with van der Waals surface area (Å²) in [5.74, 6) is -0.344. The molecule has 0 aliphatic carbocycles. The van der Waals surface area contributed by atoms with Crippen molar-refractivity contribution in [2.24, 2.45) is 10.7 Å². The molecule has 2 amide bonds. The average molecular weight is 154 g/mol. The first kappa shape index (κ1) is 9.55. The number of aliphatic imine (C=N–C) groups is 1. The van der Waals surface area contributed by atoms with Gasteiger partial charge in [0.2, 0.25) is 5.78 Å². The van der Waals surface area contributed by atoms with E-state index in [1.54, 1.807) is 6.92 Å². The van der Waals surface area contributed by atoms with Crippen molar-refractivity contribution in [1.29, 1.82) is 0 Å². The zero-order chi connectivity index (χ0) is 9.02. The minimum atomic E-state index is -0.864. The maximum Gasteiger partial charge on any atom is 0.338 e. The summed E-state index contributed by atoms with van der Waals surface area (Å²) >= 11 is 0. The molecule has 0 heterocycles. The van der Waals surface area contributed by atoms with E-state index in [9.17, 15) is 9.59 Å². The Bertz CT molecular complexity index is 241. The third-order valence-electron chi connectivity index (χ3n) is 0.994. The first-order valence-electron chi connectivity index (χ1n) is 3.00. The molecule has 4 heteroatoms. The highest BCUT2D eigenvalue weighted by Gasteiger charge is 2.06. The van der Waals surface area contributed by atoms with Crippen LogP contribution in [0.3, 0.4) is 0 Å². The van der Waals surface area contributed by atoms with Gasteiger partial charge in [0.25, 0.3) is 0 Å². The fraction of sp³-hybridized carbons (Fsp3) is 0.286. The highest BCUT2D eigenvalue weighted by atomic mass is 16.2. The maximum atomic E-state index is 10.9. The molecule has 0 aromatic heterocycles. The largest absolute Gasteiger partial charge is 0.350 e. The van der Waals surface area contributed by atoms with Gasteiger partial charge in [-0.15, -0.1) is 0 Å². The highest BCUT2D eigenvalue weighted by molar-refractivity contribution is 6.45. The molecule has 0 radical (unpaired) electrons. The molecule has 4 nitrogen and oxygen atoms in total. The van der Waals surface area contributed by atoms with Crippen molar-refractivity contribution >= 4 is 17.5 Å². The molecule has 0 rings (SSSR count). The normalized spacial score (nSPS) is 10.9. The second kappa shape index (κ2) is 3.65. The summed E-state index contributed by atoms with van der Waals surface area (Å²) in [7, 11) is 0. The molecule has 0 atom stereocenters. The quantitative estimate of drug-likeness (QED) is 0.469. The van der Waals surface area contributed by atoms with E-state index < -0.39 is 6.03 Å². The van der Waals surface area contributed by atoms with Crippen LogP contribution in [0.15, 0.2) is 17.1 Å². The van der Waals surface area contributed by atoms with Crippen molar-refractivity contribution in [2.45, 2.75) is 13.8 Å². The topological polar surface area (TPSA) is 72.5 Å². The van der Waals surface area contributed by atoms with Crippen LogP contribution in [0.25, 0.3) is 0 Å². The second-order valence-corrected chi connectivity index (χ2v) is 2.14. The van der Waals surface area contributed by atoms with Crippen LogP contribution >= 0.6 is 0 Å². The zero-order valence-corrected chi connectivity index (χ0v) is 6.55. The average Bonchev–Trinajstić information content (AvgIpc) is 1.84. The summed E-state index contributed by atoms with van der Waals surface area (Å²) in [4.78, 5) is 24.4. The van der Waals surface area contributed by atoms with Crippen molar-refractivity contribution in [3.05, 3.63) is 12.2 Å². The zero-order valence-electron chi connectivity index (χ0n) is 6.55. The van der Waals surface area contributed by atoms with Crippen LogP contribution in [0.2, 0.25) is 0 Å². The van der Waals surface area contributed by atoms with Crippen molar-refractivity contribution in [3.8, 4) is 0 Å². The fourth-order valence-corrected chi connectivity index (χ4v) is 0.525. The molecular formula is C7H10N2O2. The number of urea groups is 1. The SMILES string of the molecule is C=C(C)C(=O)C(C)=NC(N)=O. The number of Topliss-reactive ketones (excluding diaryl/α,β-unsaturated/α-hetero) is 1. The molecule has 60 valence electrons. The maximum absolute atomic E-state index is 10.9. The Morgan fingerprint density at radius 2 is 1.82 bits per heavy atom. The lowest BCUT2D eigenvalue weighted by molar-refractivity contribution is -0.109. The molecule has 0 saturated heterocycles. The van der Waals surface area contributed by atoms with Gasteiger partial charge in [-0.3, -0.25) is 4.79 Å². The molecule has 0 aromatic rings. The Morgan fingerprint density at radius 1 is 1.36 bits per heavy atom. The number of hydrogen-bond donors (Lipinski definition) is 1. The number of rotatable bonds is 2. The number of nitrogens with zero attached hydrogens (tertiary/aromatic N) is 1. The van der Waals surface area contributed by atoms with Crippen LogP contribution in [0.5, 0.6) is 0 Å². The summed E-state index contributed by atoms with van der Waals surface area (Å²) in [5.41, 5.74) is 5.14. The van der Waals surface area contributed by atoms with Gasteiger partial charge < -0.3 is 5.73 Å². The summed E-state index contributed by atoms with van der Waals surface area (Å²) < 4.78 is 0. The fourth-order valence-electron chi connectivity index (χ4n) is 0.525. The van der Waals surface area contributed by atoms with Gasteiger partial charge in [-0.2, -0.15) is 4.99 Å². The van der Waals surface area contributed by atoms with Crippen LogP contribution in [-0.4, -0.2) is 17.5 Å². The third-order valence-corrected chi connectivity index (χ3v) is 0.994. The molecule has 0 aliphatic rings. The van der Waals surface area contributed by atoms with E-state index in [1.807, 2.05) is 0 Å². The van der Waals surface area contributed by atoms with Gasteiger partial charge in [-0.1, -0.05) is 6.58 Å². The summed E-state index contributed by atoms with van der Waals surface area (Å²) in [6.45, 7) is 6.36. The third kappa shape index (κ3) is 3.30. The molecule has 0 aromatic carbocycles. The number of hydrogen-bond acceptors (Lipinski definition) is 2. The van der Waals surface area contributed by atoms with E-state index in [-0.39, 0.29) is 11.5 Å². The number of carbonyl (C=O) groups is 2. The van der Waals surface area contributed by atoms with Crippen LogP contribution in [0, 0.1) is 0 Å². The van der Waals surface area contributed by atoms with Crippen molar-refractivity contribution in [2.75, 3.05) is 0 Å². The Labute approximate surface area is 64.8 Å². The van der Waals surface area contributed by atoms with Gasteiger partial charge >= 0.3 is 6.03 Å². The van der Waals surface area contributed by atoms with Crippen molar-refractivity contribution in [3.63, 3.8) is 0 Å². The Hall–Kier alpha value is -1.45. The highest BCUT2D eigenvalue weighted by Crippen LogP contribution is 1.92. The summed E-state index contributed by atoms with van der Waals surface area (Å²) in [6.07, 6.45) is 0. The minimum absolute atomic E-state index is 0.0741. The second-order valence-electron chi connectivity index (χ2n) is 2.14. The first-order valence-corrected chi connectivity index (χ1v) is 3.00. The summed E-state index contributed by atoms with van der Waals surface area (Å²) in [5, 5.41) is 0. The number of ketones is 1. The molecule has 0 unspecified atom stereocenters. The molecule has 11 heavy (non-hydrogen) atoms. The van der Waals surface area contributed by atoms with Gasteiger partial charge in [0.05, 0.1) is 5.71 Å². The Balaban J connectivity index is 4.49. The van der Waals surface area contributed by atoms with Crippen LogP contribution in [-0.2, 0) is 4.79 Å². The Kier molecular flexibility index (Phi) is 3.17. The van der Waals surface area contributed by atoms with Gasteiger partial charge in [0.1, 0.15) is 0 Å². The predicted octanol–water partition coefficient (Wildman–Crippen LogP) is 0.671. The molecule has 0 bridgehead atoms. The first-order chi connectivity index (χ1) is 4.95. The number of allylic oxidation sites excluding steroid dienone is 1. The van der Waals surface area contributed by atoms with E-state index in [4.69, 9.17) is 5.73 Å². The lowest BCUT2D eigenvalue weighted by Crippen LogP contribution is -2.15. The van der Waals surface area contributed by atoms with Gasteiger partial charge in [0, 0.05) is 0 Å². The van der Waals surface area contributed by atoms with E-state index in [2.05, 4.69) is 11.6 Å². The molecule has 0 spiro atoms. The molecule has 2 N–H and O–H groups in total. The van der Waals surface area contributed by atoms with Gasteiger partial charge in [-0.25, -0.2) is 4.79 Å². The van der Waals surface area contributed by atoms with Crippen molar-refractivity contribution in [1.82, 2.24) is 0 Å².